The molecule has 0 aromatic carbocycles. The van der Waals surface area contributed by atoms with Gasteiger partial charge in [0, 0.05) is 17.6 Å². The molecular formula is C11H11Cl2N3S2. The van der Waals surface area contributed by atoms with Gasteiger partial charge >= 0.3 is 0 Å². The van der Waals surface area contributed by atoms with Gasteiger partial charge in [0.2, 0.25) is 0 Å². The summed E-state index contributed by atoms with van der Waals surface area (Å²) in [5, 5.41) is 6.88. The summed E-state index contributed by atoms with van der Waals surface area (Å²) in [6.45, 7) is 4.71. The number of anilines is 1. The minimum Gasteiger partial charge on any atom is -0.369 e. The third-order valence-corrected chi connectivity index (χ3v) is 4.77. The van der Waals surface area contributed by atoms with E-state index in [0.717, 1.165) is 16.6 Å². The number of nitrogens with zero attached hydrogens (tertiary/aromatic N) is 2. The number of hydrogen-bond acceptors (Lipinski definition) is 5. The van der Waals surface area contributed by atoms with Crippen molar-refractivity contribution in [3.63, 3.8) is 0 Å². The van der Waals surface area contributed by atoms with Crippen LogP contribution in [-0.4, -0.2) is 16.5 Å². The lowest BCUT2D eigenvalue weighted by molar-refractivity contribution is 1.08. The summed E-state index contributed by atoms with van der Waals surface area (Å²) in [7, 11) is 0. The van der Waals surface area contributed by atoms with E-state index in [1.165, 1.54) is 11.8 Å². The van der Waals surface area contributed by atoms with Crippen molar-refractivity contribution in [1.82, 2.24) is 9.97 Å². The second-order valence-corrected chi connectivity index (χ2v) is 6.40. The van der Waals surface area contributed by atoms with Gasteiger partial charge in [-0.1, -0.05) is 23.2 Å². The fraction of sp³-hybridized carbons (Fsp3) is 0.273. The lowest BCUT2D eigenvalue weighted by atomic mass is 10.4. The maximum absolute atomic E-state index is 6.14. The van der Waals surface area contributed by atoms with E-state index in [1.807, 2.05) is 19.2 Å². The Morgan fingerprint density at radius 1 is 1.33 bits per heavy atom. The van der Waals surface area contributed by atoms with Gasteiger partial charge < -0.3 is 5.32 Å². The van der Waals surface area contributed by atoms with Gasteiger partial charge in [0.05, 0.1) is 10.0 Å². The highest BCUT2D eigenvalue weighted by Gasteiger charge is 2.12. The van der Waals surface area contributed by atoms with E-state index in [0.29, 0.717) is 20.9 Å². The quantitative estimate of drug-likeness (QED) is 0.883. The average molecular weight is 320 g/mol. The molecule has 0 unspecified atom stereocenters. The summed E-state index contributed by atoms with van der Waals surface area (Å²) >= 11 is 15.2. The minimum absolute atomic E-state index is 0.529. The van der Waals surface area contributed by atoms with Gasteiger partial charge in [0.25, 0.3) is 0 Å². The number of aryl methyl sites for hydroxylation is 1. The third kappa shape index (κ3) is 3.29. The zero-order valence-corrected chi connectivity index (χ0v) is 13.0. The first-order valence-electron chi connectivity index (χ1n) is 5.30. The van der Waals surface area contributed by atoms with Crippen LogP contribution in [0, 0.1) is 6.92 Å². The molecular weight excluding hydrogens is 309 g/mol. The molecule has 0 fully saturated rings. The highest BCUT2D eigenvalue weighted by atomic mass is 35.5. The first-order valence-corrected chi connectivity index (χ1v) is 7.75. The number of aromatic nitrogens is 2. The smallest absolute Gasteiger partial charge is 0.156 e. The summed E-state index contributed by atoms with van der Waals surface area (Å²) in [5.74, 6) is 0.652. The fourth-order valence-corrected chi connectivity index (χ4v) is 3.56. The summed E-state index contributed by atoms with van der Waals surface area (Å²) in [4.78, 5) is 8.80. The first kappa shape index (κ1) is 13.9. The van der Waals surface area contributed by atoms with Crippen molar-refractivity contribution in [3.8, 4) is 0 Å². The van der Waals surface area contributed by atoms with Crippen LogP contribution in [0.4, 0.5) is 5.82 Å². The molecule has 0 aliphatic carbocycles. The van der Waals surface area contributed by atoms with Crippen molar-refractivity contribution in [3.05, 3.63) is 27.2 Å². The van der Waals surface area contributed by atoms with Crippen molar-refractivity contribution in [2.75, 3.05) is 11.9 Å². The standard InChI is InChI=1S/C11H11Cl2N3S2/c1-3-14-9-7(12)4-8(13)10(16-9)18-11-15-6(2)5-17-11/h4-5H,3H2,1-2H3,(H,14,16). The van der Waals surface area contributed by atoms with Crippen molar-refractivity contribution in [2.24, 2.45) is 0 Å². The number of pyridine rings is 1. The number of hydrogen-bond donors (Lipinski definition) is 1. The predicted octanol–water partition coefficient (Wildman–Crippen LogP) is 4.74. The van der Waals surface area contributed by atoms with E-state index >= 15 is 0 Å². The zero-order chi connectivity index (χ0) is 13.1. The Balaban J connectivity index is 2.29. The van der Waals surface area contributed by atoms with Gasteiger partial charge in [-0.2, -0.15) is 0 Å². The van der Waals surface area contributed by atoms with Gasteiger partial charge in [-0.15, -0.1) is 11.3 Å². The predicted molar refractivity (Wildman–Crippen MR) is 79.4 cm³/mol. The molecule has 2 aromatic rings. The van der Waals surface area contributed by atoms with Crippen LogP contribution in [0.3, 0.4) is 0 Å². The maximum atomic E-state index is 6.14. The Bertz CT molecular complexity index is 557. The lowest BCUT2D eigenvalue weighted by Gasteiger charge is -2.08. The van der Waals surface area contributed by atoms with Crippen LogP contribution in [0.1, 0.15) is 12.6 Å². The molecule has 18 heavy (non-hydrogen) atoms. The Labute approximate surface area is 124 Å². The highest BCUT2D eigenvalue weighted by molar-refractivity contribution is 8.01. The van der Waals surface area contributed by atoms with E-state index in [4.69, 9.17) is 23.2 Å². The van der Waals surface area contributed by atoms with E-state index in [-0.39, 0.29) is 0 Å². The van der Waals surface area contributed by atoms with Gasteiger partial charge in [-0.3, -0.25) is 0 Å². The van der Waals surface area contributed by atoms with Crippen LogP contribution >= 0.6 is 46.3 Å². The molecule has 1 N–H and O–H groups in total. The van der Waals surface area contributed by atoms with Gasteiger partial charge in [-0.05, 0) is 31.7 Å². The number of nitrogens with one attached hydrogen (secondary N) is 1. The number of halogens is 2. The molecule has 0 saturated heterocycles. The molecule has 0 spiro atoms. The minimum atomic E-state index is 0.529. The molecule has 2 rings (SSSR count). The van der Waals surface area contributed by atoms with Crippen LogP contribution in [0.15, 0.2) is 20.8 Å². The van der Waals surface area contributed by atoms with Crippen LogP contribution in [-0.2, 0) is 0 Å². The van der Waals surface area contributed by atoms with E-state index in [1.54, 1.807) is 17.4 Å². The largest absolute Gasteiger partial charge is 0.369 e. The summed E-state index contributed by atoms with van der Waals surface area (Å²) in [6.07, 6.45) is 0. The Morgan fingerprint density at radius 3 is 2.72 bits per heavy atom. The maximum Gasteiger partial charge on any atom is 0.156 e. The molecule has 0 amide bonds. The van der Waals surface area contributed by atoms with E-state index < -0.39 is 0 Å². The summed E-state index contributed by atoms with van der Waals surface area (Å²) < 4.78 is 0.923. The normalized spacial score (nSPS) is 10.7. The van der Waals surface area contributed by atoms with Gasteiger partial charge in [0.15, 0.2) is 4.34 Å². The summed E-state index contributed by atoms with van der Waals surface area (Å²) in [5.41, 5.74) is 1.000. The molecule has 0 aliphatic heterocycles. The highest BCUT2D eigenvalue weighted by Crippen LogP contribution is 2.36. The van der Waals surface area contributed by atoms with Crippen LogP contribution in [0.25, 0.3) is 0 Å². The van der Waals surface area contributed by atoms with Gasteiger partial charge in [0.1, 0.15) is 10.8 Å². The molecule has 0 radical (unpaired) electrons. The SMILES string of the molecule is CCNc1nc(Sc2nc(C)cs2)c(Cl)cc1Cl. The van der Waals surface area contributed by atoms with Crippen molar-refractivity contribution in [1.29, 1.82) is 0 Å². The second-order valence-electron chi connectivity index (χ2n) is 3.49. The lowest BCUT2D eigenvalue weighted by Crippen LogP contribution is -2.00. The Hall–Kier alpha value is -0.490. The van der Waals surface area contributed by atoms with E-state index in [2.05, 4.69) is 15.3 Å². The molecule has 0 bridgehead atoms. The molecule has 0 saturated carbocycles. The zero-order valence-electron chi connectivity index (χ0n) is 9.83. The molecule has 2 heterocycles. The molecule has 7 heteroatoms. The monoisotopic (exact) mass is 319 g/mol. The first-order chi connectivity index (χ1) is 8.60. The fourth-order valence-electron chi connectivity index (χ4n) is 1.27. The molecule has 96 valence electrons. The van der Waals surface area contributed by atoms with E-state index in [9.17, 15) is 0 Å². The Kier molecular flexibility index (Phi) is 4.72. The third-order valence-electron chi connectivity index (χ3n) is 2.02. The molecule has 3 nitrogen and oxygen atoms in total. The topological polar surface area (TPSA) is 37.8 Å². The van der Waals surface area contributed by atoms with Crippen LogP contribution < -0.4 is 5.32 Å². The molecule has 0 aliphatic rings. The Morgan fingerprint density at radius 2 is 2.11 bits per heavy atom. The molecule has 0 atom stereocenters. The second kappa shape index (κ2) is 6.10. The average Bonchev–Trinajstić information content (AvgIpc) is 2.71. The van der Waals surface area contributed by atoms with Crippen LogP contribution in [0.5, 0.6) is 0 Å². The number of thiazole rings is 1. The van der Waals surface area contributed by atoms with Crippen LogP contribution in [0.2, 0.25) is 10.0 Å². The number of rotatable bonds is 4. The summed E-state index contributed by atoms with van der Waals surface area (Å²) in [6, 6.07) is 1.71. The van der Waals surface area contributed by atoms with Crippen molar-refractivity contribution >= 4 is 52.1 Å². The van der Waals surface area contributed by atoms with Crippen molar-refractivity contribution in [2.45, 2.75) is 23.2 Å². The molecule has 2 aromatic heterocycles. The van der Waals surface area contributed by atoms with Crippen molar-refractivity contribution < 1.29 is 0 Å². The van der Waals surface area contributed by atoms with Gasteiger partial charge in [-0.25, -0.2) is 9.97 Å².